The molecule has 1 saturated carbocycles. The SMILES string of the molecule is O=C1CCc2cc(OCC(=O)OC3CCCCCCC3)ccc2N1. The molecule has 0 saturated heterocycles. The Kier molecular flexibility index (Phi) is 5.72. The van der Waals surface area contributed by atoms with E-state index in [0.717, 1.165) is 36.9 Å². The number of carbonyl (C=O) groups excluding carboxylic acids is 2. The van der Waals surface area contributed by atoms with Crippen molar-refractivity contribution in [1.82, 2.24) is 0 Å². The van der Waals surface area contributed by atoms with E-state index in [9.17, 15) is 9.59 Å². The molecule has 0 bridgehead atoms. The van der Waals surface area contributed by atoms with Crippen LogP contribution in [0.15, 0.2) is 18.2 Å². The number of hydrogen-bond donors (Lipinski definition) is 1. The molecule has 24 heavy (non-hydrogen) atoms. The van der Waals surface area contributed by atoms with E-state index in [1.807, 2.05) is 12.1 Å². The molecule has 0 atom stereocenters. The summed E-state index contributed by atoms with van der Waals surface area (Å²) in [6.07, 6.45) is 9.18. The molecule has 0 aromatic heterocycles. The average molecular weight is 331 g/mol. The van der Waals surface area contributed by atoms with Gasteiger partial charge in [0.2, 0.25) is 5.91 Å². The lowest BCUT2D eigenvalue weighted by atomic mass is 9.99. The largest absolute Gasteiger partial charge is 0.482 e. The first kappa shape index (κ1) is 16.8. The normalized spacial score (nSPS) is 18.8. The summed E-state index contributed by atoms with van der Waals surface area (Å²) in [4.78, 5) is 23.4. The van der Waals surface area contributed by atoms with Crippen molar-refractivity contribution in [2.75, 3.05) is 11.9 Å². The number of carbonyl (C=O) groups is 2. The third-order valence-electron chi connectivity index (χ3n) is 4.68. The van der Waals surface area contributed by atoms with Crippen LogP contribution in [0.3, 0.4) is 0 Å². The number of esters is 1. The van der Waals surface area contributed by atoms with Gasteiger partial charge in [-0.3, -0.25) is 4.79 Å². The van der Waals surface area contributed by atoms with Crippen LogP contribution < -0.4 is 10.1 Å². The van der Waals surface area contributed by atoms with Gasteiger partial charge in [-0.05, 0) is 55.9 Å². The minimum absolute atomic E-state index is 0.0407. The Hall–Kier alpha value is -2.04. The highest BCUT2D eigenvalue weighted by atomic mass is 16.6. The maximum absolute atomic E-state index is 12.0. The minimum Gasteiger partial charge on any atom is -0.482 e. The molecule has 0 unspecified atom stereocenters. The second kappa shape index (κ2) is 8.18. The molecule has 5 heteroatoms. The van der Waals surface area contributed by atoms with Crippen molar-refractivity contribution < 1.29 is 19.1 Å². The Balaban J connectivity index is 1.48. The molecule has 1 aliphatic carbocycles. The van der Waals surface area contributed by atoms with Crippen LogP contribution in [-0.4, -0.2) is 24.6 Å². The minimum atomic E-state index is -0.299. The number of nitrogens with one attached hydrogen (secondary N) is 1. The fraction of sp³-hybridized carbons (Fsp3) is 0.579. The number of hydrogen-bond acceptors (Lipinski definition) is 4. The summed E-state index contributed by atoms with van der Waals surface area (Å²) in [7, 11) is 0. The Morgan fingerprint density at radius 2 is 1.83 bits per heavy atom. The average Bonchev–Trinajstić information content (AvgIpc) is 2.55. The number of amides is 1. The van der Waals surface area contributed by atoms with E-state index >= 15 is 0 Å². The number of ether oxygens (including phenoxy) is 2. The zero-order valence-corrected chi connectivity index (χ0v) is 14.0. The lowest BCUT2D eigenvalue weighted by Crippen LogP contribution is -2.23. The second-order valence-electron chi connectivity index (χ2n) is 6.61. The summed E-state index contributed by atoms with van der Waals surface area (Å²) in [6, 6.07) is 5.48. The number of rotatable bonds is 4. The predicted molar refractivity (Wildman–Crippen MR) is 91.1 cm³/mol. The van der Waals surface area contributed by atoms with Gasteiger partial charge >= 0.3 is 5.97 Å². The van der Waals surface area contributed by atoms with Crippen LogP contribution in [-0.2, 0) is 20.7 Å². The molecular weight excluding hydrogens is 306 g/mol. The van der Waals surface area contributed by atoms with Crippen LogP contribution in [0, 0.1) is 0 Å². The summed E-state index contributed by atoms with van der Waals surface area (Å²) in [6.45, 7) is -0.0678. The van der Waals surface area contributed by atoms with Gasteiger partial charge in [-0.25, -0.2) is 4.79 Å². The smallest absolute Gasteiger partial charge is 0.344 e. The monoisotopic (exact) mass is 331 g/mol. The van der Waals surface area contributed by atoms with Gasteiger partial charge in [-0.15, -0.1) is 0 Å². The number of fused-ring (bicyclic) bond motifs is 1. The van der Waals surface area contributed by atoms with Crippen molar-refractivity contribution in [2.45, 2.75) is 63.9 Å². The first-order valence-corrected chi connectivity index (χ1v) is 8.96. The van der Waals surface area contributed by atoms with Crippen LogP contribution in [0.1, 0.15) is 56.9 Å². The highest BCUT2D eigenvalue weighted by molar-refractivity contribution is 5.94. The summed E-state index contributed by atoms with van der Waals surface area (Å²) in [5.41, 5.74) is 1.87. The third-order valence-corrected chi connectivity index (χ3v) is 4.68. The number of anilines is 1. The fourth-order valence-corrected chi connectivity index (χ4v) is 3.35. The molecule has 1 fully saturated rings. The lowest BCUT2D eigenvalue weighted by molar-refractivity contribution is -0.152. The Bertz CT molecular complexity index is 591. The Morgan fingerprint density at radius 1 is 1.08 bits per heavy atom. The predicted octanol–water partition coefficient (Wildman–Crippen LogP) is 3.61. The maximum Gasteiger partial charge on any atom is 0.344 e. The molecule has 1 aliphatic heterocycles. The van der Waals surface area contributed by atoms with Gasteiger partial charge in [-0.1, -0.05) is 19.3 Å². The third kappa shape index (κ3) is 4.73. The van der Waals surface area contributed by atoms with Crippen molar-refractivity contribution in [3.63, 3.8) is 0 Å². The zero-order valence-electron chi connectivity index (χ0n) is 14.0. The maximum atomic E-state index is 12.0. The molecule has 1 aromatic rings. The fourth-order valence-electron chi connectivity index (χ4n) is 3.35. The van der Waals surface area contributed by atoms with Crippen molar-refractivity contribution in [1.29, 1.82) is 0 Å². The summed E-state index contributed by atoms with van der Waals surface area (Å²) >= 11 is 0. The zero-order chi connectivity index (χ0) is 16.8. The Morgan fingerprint density at radius 3 is 2.62 bits per heavy atom. The molecule has 5 nitrogen and oxygen atoms in total. The van der Waals surface area contributed by atoms with Crippen LogP contribution in [0.25, 0.3) is 0 Å². The van der Waals surface area contributed by atoms with Gasteiger partial charge in [0.25, 0.3) is 0 Å². The highest BCUT2D eigenvalue weighted by Gasteiger charge is 2.18. The Labute approximate surface area is 142 Å². The molecule has 1 aromatic carbocycles. The van der Waals surface area contributed by atoms with Crippen molar-refractivity contribution in [3.8, 4) is 5.75 Å². The summed E-state index contributed by atoms with van der Waals surface area (Å²) in [5, 5.41) is 2.83. The summed E-state index contributed by atoms with van der Waals surface area (Å²) < 4.78 is 11.1. The molecule has 130 valence electrons. The van der Waals surface area contributed by atoms with E-state index in [4.69, 9.17) is 9.47 Å². The van der Waals surface area contributed by atoms with Crippen molar-refractivity contribution in [2.24, 2.45) is 0 Å². The van der Waals surface area contributed by atoms with E-state index in [2.05, 4.69) is 5.32 Å². The van der Waals surface area contributed by atoms with Crippen LogP contribution in [0.5, 0.6) is 5.75 Å². The standard InChI is InChI=1S/C19H25NO4/c21-18-11-8-14-12-16(9-10-17(14)20-18)23-13-19(22)24-15-6-4-2-1-3-5-7-15/h9-10,12,15H,1-8,11,13H2,(H,20,21). The van der Waals surface area contributed by atoms with E-state index in [1.54, 1.807) is 6.07 Å². The summed E-state index contributed by atoms with van der Waals surface area (Å²) in [5.74, 6) is 0.380. The molecule has 3 rings (SSSR count). The highest BCUT2D eigenvalue weighted by Crippen LogP contribution is 2.27. The van der Waals surface area contributed by atoms with Crippen molar-refractivity contribution >= 4 is 17.6 Å². The number of aryl methyl sites for hydroxylation is 1. The van der Waals surface area contributed by atoms with E-state index in [1.165, 1.54) is 19.3 Å². The quantitative estimate of drug-likeness (QED) is 0.856. The van der Waals surface area contributed by atoms with Gasteiger partial charge in [0.15, 0.2) is 6.61 Å². The topological polar surface area (TPSA) is 64.6 Å². The van der Waals surface area contributed by atoms with Crippen LogP contribution >= 0.6 is 0 Å². The molecule has 1 amide bonds. The first-order valence-electron chi connectivity index (χ1n) is 8.96. The lowest BCUT2D eigenvalue weighted by Gasteiger charge is -2.20. The van der Waals surface area contributed by atoms with Crippen LogP contribution in [0.2, 0.25) is 0 Å². The second-order valence-corrected chi connectivity index (χ2v) is 6.61. The number of benzene rings is 1. The molecule has 1 N–H and O–H groups in total. The first-order chi connectivity index (χ1) is 11.7. The molecule has 1 heterocycles. The van der Waals surface area contributed by atoms with E-state index in [-0.39, 0.29) is 24.6 Å². The molecule has 0 spiro atoms. The van der Waals surface area contributed by atoms with Gasteiger partial charge in [0.05, 0.1) is 0 Å². The van der Waals surface area contributed by atoms with E-state index in [0.29, 0.717) is 18.6 Å². The van der Waals surface area contributed by atoms with E-state index < -0.39 is 0 Å². The van der Waals surface area contributed by atoms with Gasteiger partial charge in [-0.2, -0.15) is 0 Å². The molecular formula is C19H25NO4. The molecule has 0 radical (unpaired) electrons. The molecule has 2 aliphatic rings. The van der Waals surface area contributed by atoms with Gasteiger partial charge in [0, 0.05) is 12.1 Å². The van der Waals surface area contributed by atoms with Crippen LogP contribution in [0.4, 0.5) is 5.69 Å². The van der Waals surface area contributed by atoms with Crippen molar-refractivity contribution in [3.05, 3.63) is 23.8 Å². The van der Waals surface area contributed by atoms with Gasteiger partial charge in [0.1, 0.15) is 11.9 Å². The van der Waals surface area contributed by atoms with Gasteiger partial charge < -0.3 is 14.8 Å².